The Hall–Kier alpha value is -1.75. The largest absolute Gasteiger partial charge is 0.469 e. The van der Waals surface area contributed by atoms with Crippen molar-refractivity contribution in [1.82, 2.24) is 15.0 Å². The minimum atomic E-state index is -1.08. The minimum Gasteiger partial charge on any atom is -0.469 e. The molecule has 3 unspecified atom stereocenters. The highest BCUT2D eigenvalue weighted by Crippen LogP contribution is 2.34. The predicted octanol–water partition coefficient (Wildman–Crippen LogP) is 0.465. The van der Waals surface area contributed by atoms with Crippen LogP contribution in [0.3, 0.4) is 0 Å². The van der Waals surface area contributed by atoms with Gasteiger partial charge in [-0.25, -0.2) is 0 Å². The highest BCUT2D eigenvalue weighted by atomic mass is 16.7. The van der Waals surface area contributed by atoms with Crippen molar-refractivity contribution in [3.8, 4) is 0 Å². The van der Waals surface area contributed by atoms with E-state index in [0.29, 0.717) is 26.1 Å². The summed E-state index contributed by atoms with van der Waals surface area (Å²) in [7, 11) is 4.36. The molecule has 2 saturated heterocycles. The summed E-state index contributed by atoms with van der Waals surface area (Å²) in [6, 6.07) is 0.178. The molecule has 10 heteroatoms. The van der Waals surface area contributed by atoms with Crippen molar-refractivity contribution >= 4 is 17.8 Å². The van der Waals surface area contributed by atoms with Gasteiger partial charge in [0.1, 0.15) is 5.41 Å². The number of hydroxylamine groups is 4. The van der Waals surface area contributed by atoms with Crippen LogP contribution in [0.15, 0.2) is 0 Å². The summed E-state index contributed by atoms with van der Waals surface area (Å²) >= 11 is 0. The highest BCUT2D eigenvalue weighted by molar-refractivity contribution is 5.84. The topological polar surface area (TPSA) is 97.8 Å². The lowest BCUT2D eigenvalue weighted by atomic mass is 9.85. The summed E-state index contributed by atoms with van der Waals surface area (Å²) in [5.41, 5.74) is -1.08. The third-order valence-corrected chi connectivity index (χ3v) is 5.81. The maximum Gasteiger partial charge on any atom is 0.316 e. The normalized spacial score (nSPS) is 26.0. The van der Waals surface area contributed by atoms with E-state index in [9.17, 15) is 14.4 Å². The molecule has 2 aliphatic heterocycles. The Morgan fingerprint density at radius 3 is 2.40 bits per heavy atom. The van der Waals surface area contributed by atoms with Crippen molar-refractivity contribution in [2.24, 2.45) is 11.3 Å². The molecule has 3 atom stereocenters. The van der Waals surface area contributed by atoms with Crippen LogP contribution in [-0.4, -0.2) is 99.1 Å². The molecule has 1 amide bonds. The van der Waals surface area contributed by atoms with Crippen molar-refractivity contribution in [3.05, 3.63) is 0 Å². The lowest BCUT2D eigenvalue weighted by molar-refractivity contribution is -0.159. The van der Waals surface area contributed by atoms with Crippen LogP contribution in [0.5, 0.6) is 0 Å². The first-order valence-electron chi connectivity index (χ1n) is 10.3. The van der Waals surface area contributed by atoms with Crippen LogP contribution < -0.4 is 0 Å². The fraction of sp³-hybridized carbons (Fsp3) is 0.850. The fourth-order valence-electron chi connectivity index (χ4n) is 3.71. The molecule has 0 bridgehead atoms. The molecule has 0 N–H and O–H groups in total. The van der Waals surface area contributed by atoms with E-state index in [1.54, 1.807) is 17.0 Å². The van der Waals surface area contributed by atoms with Gasteiger partial charge in [0.15, 0.2) is 0 Å². The van der Waals surface area contributed by atoms with Gasteiger partial charge < -0.3 is 14.4 Å². The lowest BCUT2D eigenvalue weighted by Gasteiger charge is -2.27. The summed E-state index contributed by atoms with van der Waals surface area (Å²) in [6.07, 6.45) is 0.547. The second kappa shape index (κ2) is 10.5. The molecule has 172 valence electrons. The smallest absolute Gasteiger partial charge is 0.316 e. The predicted molar refractivity (Wildman–Crippen MR) is 107 cm³/mol. The van der Waals surface area contributed by atoms with Crippen LogP contribution in [0.25, 0.3) is 0 Å². The molecule has 10 nitrogen and oxygen atoms in total. The Morgan fingerprint density at radius 2 is 1.83 bits per heavy atom. The zero-order chi connectivity index (χ0) is 22.5. The molecule has 2 rings (SSSR count). The van der Waals surface area contributed by atoms with E-state index in [4.69, 9.17) is 19.1 Å². The van der Waals surface area contributed by atoms with E-state index >= 15 is 0 Å². The van der Waals surface area contributed by atoms with E-state index < -0.39 is 17.4 Å². The van der Waals surface area contributed by atoms with Gasteiger partial charge in [0.05, 0.1) is 39.8 Å². The molecule has 0 radical (unpaired) electrons. The second-order valence-electron chi connectivity index (χ2n) is 8.46. The Morgan fingerprint density at radius 1 is 1.13 bits per heavy atom. The minimum absolute atomic E-state index is 0.0539. The van der Waals surface area contributed by atoms with Crippen LogP contribution >= 0.6 is 0 Å². The van der Waals surface area contributed by atoms with Gasteiger partial charge in [-0.05, 0) is 27.2 Å². The molecule has 30 heavy (non-hydrogen) atoms. The first kappa shape index (κ1) is 24.5. The third-order valence-electron chi connectivity index (χ3n) is 5.81. The van der Waals surface area contributed by atoms with Crippen molar-refractivity contribution in [2.75, 3.05) is 54.1 Å². The number of carbonyl (C=O) groups is 3. The number of hydrogen-bond donors (Lipinski definition) is 0. The van der Waals surface area contributed by atoms with Gasteiger partial charge in [-0.15, -0.1) is 0 Å². The molecule has 2 aliphatic rings. The fourth-order valence-corrected chi connectivity index (χ4v) is 3.71. The number of rotatable bonds is 9. The van der Waals surface area contributed by atoms with Gasteiger partial charge in [-0.1, -0.05) is 0 Å². The number of nitrogens with zero attached hydrogens (tertiary/aromatic N) is 3. The van der Waals surface area contributed by atoms with Crippen LogP contribution in [0.1, 0.15) is 33.6 Å². The number of carbonyl (C=O) groups excluding carboxylic acids is 3. The quantitative estimate of drug-likeness (QED) is 0.484. The zero-order valence-corrected chi connectivity index (χ0v) is 18.9. The summed E-state index contributed by atoms with van der Waals surface area (Å²) in [5.74, 6) is -1.09. The molecule has 2 heterocycles. The molecule has 2 fully saturated rings. The first-order chi connectivity index (χ1) is 14.1. The van der Waals surface area contributed by atoms with Crippen molar-refractivity contribution in [2.45, 2.75) is 45.7 Å². The summed E-state index contributed by atoms with van der Waals surface area (Å²) in [6.45, 7) is 7.85. The molecule has 0 aromatic carbocycles. The van der Waals surface area contributed by atoms with E-state index in [2.05, 4.69) is 0 Å². The van der Waals surface area contributed by atoms with Crippen molar-refractivity contribution < 1.29 is 33.5 Å². The summed E-state index contributed by atoms with van der Waals surface area (Å²) in [5, 5.41) is 3.53. The highest BCUT2D eigenvalue weighted by Gasteiger charge is 2.50. The third kappa shape index (κ3) is 5.69. The number of hydrogen-bond acceptors (Lipinski definition) is 9. The maximum absolute atomic E-state index is 12.7. The van der Waals surface area contributed by atoms with Gasteiger partial charge in [-0.3, -0.25) is 24.1 Å². The lowest BCUT2D eigenvalue weighted by Crippen LogP contribution is -2.42. The average Bonchev–Trinajstić information content (AvgIpc) is 3.39. The molecule has 0 aromatic heterocycles. The van der Waals surface area contributed by atoms with Gasteiger partial charge in [0.25, 0.3) is 0 Å². The number of amides is 1. The van der Waals surface area contributed by atoms with E-state index in [1.165, 1.54) is 14.2 Å². The second-order valence-corrected chi connectivity index (χ2v) is 8.46. The van der Waals surface area contributed by atoms with Gasteiger partial charge >= 0.3 is 11.9 Å². The Kier molecular flexibility index (Phi) is 8.60. The maximum atomic E-state index is 12.7. The molecule has 0 saturated carbocycles. The Bertz CT molecular complexity index is 630. The number of methoxy groups -OCH3 is 2. The monoisotopic (exact) mass is 429 g/mol. The SMILES string of the molecule is COC(=O)CC1(C(=O)OC)CON(C(C)CCN(C)C(=O)C2CON(C(C)C)C2)C1. The Labute approximate surface area is 178 Å². The molecule has 0 spiro atoms. The standard InChI is InChI=1S/C20H35N3O7/c1-14(2)22-10-16(11-29-22)18(25)21(4)8-7-15(3)23-12-20(13-30-23,19(26)28-6)9-17(24)27-5/h14-16H,7-13H2,1-6H3. The van der Waals surface area contributed by atoms with Crippen LogP contribution in [0.2, 0.25) is 0 Å². The van der Waals surface area contributed by atoms with Crippen molar-refractivity contribution in [1.29, 1.82) is 0 Å². The van der Waals surface area contributed by atoms with Crippen LogP contribution in [0.4, 0.5) is 0 Å². The van der Waals surface area contributed by atoms with Crippen LogP contribution in [-0.2, 0) is 33.5 Å². The number of esters is 2. The van der Waals surface area contributed by atoms with E-state index in [1.807, 2.05) is 25.8 Å². The Balaban J connectivity index is 1.87. The summed E-state index contributed by atoms with van der Waals surface area (Å²) in [4.78, 5) is 49.8. The van der Waals surface area contributed by atoms with Crippen molar-refractivity contribution in [3.63, 3.8) is 0 Å². The van der Waals surface area contributed by atoms with Gasteiger partial charge in [-0.2, -0.15) is 10.1 Å². The molecular formula is C20H35N3O7. The number of ether oxygens (including phenoxy) is 2. The first-order valence-corrected chi connectivity index (χ1v) is 10.3. The summed E-state index contributed by atoms with van der Waals surface area (Å²) < 4.78 is 9.63. The van der Waals surface area contributed by atoms with Crippen LogP contribution in [0, 0.1) is 11.3 Å². The molecule has 0 aromatic rings. The zero-order valence-electron chi connectivity index (χ0n) is 18.9. The van der Waals surface area contributed by atoms with E-state index in [0.717, 1.165) is 0 Å². The van der Waals surface area contributed by atoms with Gasteiger partial charge in [0, 0.05) is 38.8 Å². The van der Waals surface area contributed by atoms with Gasteiger partial charge in [0.2, 0.25) is 5.91 Å². The molecular weight excluding hydrogens is 394 g/mol. The molecule has 0 aliphatic carbocycles. The van der Waals surface area contributed by atoms with E-state index in [-0.39, 0.29) is 43.5 Å². The average molecular weight is 430 g/mol.